The first-order valence-electron chi connectivity index (χ1n) is 8.30. The Morgan fingerprint density at radius 1 is 1.38 bits per heavy atom. The zero-order chi connectivity index (χ0) is 19.4. The molecule has 0 saturated carbocycles. The van der Waals surface area contributed by atoms with E-state index in [9.17, 15) is 19.5 Å². The first-order valence-corrected chi connectivity index (χ1v) is 9.09. The maximum absolute atomic E-state index is 12.8. The molecule has 2 amide bonds. The minimum atomic E-state index is -1.03. The number of benzene rings is 1. The molecule has 138 valence electrons. The van der Waals surface area contributed by atoms with E-state index in [1.54, 1.807) is 26.0 Å². The van der Waals surface area contributed by atoms with Crippen LogP contribution in [0.15, 0.2) is 22.7 Å². The summed E-state index contributed by atoms with van der Waals surface area (Å²) in [6.45, 7) is 3.94. The molecule has 0 radical (unpaired) electrons. The number of nitrogens with one attached hydrogen (secondary N) is 1. The number of hydrogen-bond donors (Lipinski definition) is 2. The lowest BCUT2D eigenvalue weighted by atomic mass is 10.0. The predicted octanol–water partition coefficient (Wildman–Crippen LogP) is 2.15. The number of carboxylic acid groups (broad SMARTS) is 1. The van der Waals surface area contributed by atoms with Crippen LogP contribution in [0.4, 0.5) is 0 Å². The zero-order valence-electron chi connectivity index (χ0n) is 14.5. The highest BCUT2D eigenvalue weighted by molar-refractivity contribution is 9.10. The second-order valence-corrected chi connectivity index (χ2v) is 7.38. The standard InChI is InChI=1S/C18H20BrN3O4/c1-10(2)15(17(24)22-7-3-4-14(22)18(25)26)21-16(23)11-5-6-13(19)12(8-11)9-20/h5-6,8,10,14-15H,3-4,7H2,1-2H3,(H,21,23)(H,25,26)/t14-,15-/m0/s1. The highest BCUT2D eigenvalue weighted by Crippen LogP contribution is 2.21. The molecule has 8 heteroatoms. The molecule has 0 bridgehead atoms. The summed E-state index contributed by atoms with van der Waals surface area (Å²) in [6.07, 6.45) is 1.04. The molecule has 1 saturated heterocycles. The third-order valence-electron chi connectivity index (χ3n) is 4.39. The molecule has 0 aliphatic carbocycles. The minimum absolute atomic E-state index is 0.215. The summed E-state index contributed by atoms with van der Waals surface area (Å²) >= 11 is 3.23. The van der Waals surface area contributed by atoms with E-state index < -0.39 is 29.9 Å². The van der Waals surface area contributed by atoms with Gasteiger partial charge in [0.05, 0.1) is 5.56 Å². The zero-order valence-corrected chi connectivity index (χ0v) is 16.1. The Labute approximate surface area is 160 Å². The summed E-state index contributed by atoms with van der Waals surface area (Å²) < 4.78 is 0.578. The number of rotatable bonds is 5. The fourth-order valence-corrected chi connectivity index (χ4v) is 3.29. The third-order valence-corrected chi connectivity index (χ3v) is 5.08. The van der Waals surface area contributed by atoms with E-state index in [-0.39, 0.29) is 11.5 Å². The van der Waals surface area contributed by atoms with Crippen LogP contribution in [0.25, 0.3) is 0 Å². The predicted molar refractivity (Wildman–Crippen MR) is 97.3 cm³/mol. The van der Waals surface area contributed by atoms with Gasteiger partial charge in [0, 0.05) is 16.6 Å². The van der Waals surface area contributed by atoms with Gasteiger partial charge in [-0.2, -0.15) is 5.26 Å². The summed E-state index contributed by atoms with van der Waals surface area (Å²) in [6, 6.07) is 4.89. The lowest BCUT2D eigenvalue weighted by Crippen LogP contribution is -2.53. The molecule has 1 aliphatic heterocycles. The van der Waals surface area contributed by atoms with Gasteiger partial charge in [-0.05, 0) is 52.9 Å². The van der Waals surface area contributed by atoms with Crippen molar-refractivity contribution in [1.82, 2.24) is 10.2 Å². The smallest absolute Gasteiger partial charge is 0.326 e. The topological polar surface area (TPSA) is 111 Å². The number of nitriles is 1. The van der Waals surface area contributed by atoms with Crippen molar-refractivity contribution in [2.45, 2.75) is 38.8 Å². The van der Waals surface area contributed by atoms with Crippen molar-refractivity contribution in [2.24, 2.45) is 5.92 Å². The Kier molecular flexibility index (Phi) is 6.37. The number of hydrogen-bond acceptors (Lipinski definition) is 4. The van der Waals surface area contributed by atoms with Gasteiger partial charge in [-0.3, -0.25) is 9.59 Å². The number of carbonyl (C=O) groups is 3. The van der Waals surface area contributed by atoms with Gasteiger partial charge in [-0.1, -0.05) is 13.8 Å². The van der Waals surface area contributed by atoms with Gasteiger partial charge >= 0.3 is 5.97 Å². The molecule has 1 aromatic rings. The lowest BCUT2D eigenvalue weighted by molar-refractivity contribution is -0.149. The van der Waals surface area contributed by atoms with Gasteiger partial charge in [0.1, 0.15) is 18.2 Å². The molecule has 2 N–H and O–H groups in total. The van der Waals surface area contributed by atoms with Crippen LogP contribution < -0.4 is 5.32 Å². The average molecular weight is 422 g/mol. The molecular formula is C18H20BrN3O4. The SMILES string of the molecule is CC(C)[C@H](NC(=O)c1ccc(Br)c(C#N)c1)C(=O)N1CCC[C@H]1C(=O)O. The van der Waals surface area contributed by atoms with E-state index in [4.69, 9.17) is 5.26 Å². The van der Waals surface area contributed by atoms with Crippen molar-refractivity contribution in [2.75, 3.05) is 6.54 Å². The van der Waals surface area contributed by atoms with Gasteiger partial charge in [-0.15, -0.1) is 0 Å². The highest BCUT2D eigenvalue weighted by Gasteiger charge is 2.38. The Balaban J connectivity index is 2.20. The number of nitrogens with zero attached hydrogens (tertiary/aromatic N) is 2. The van der Waals surface area contributed by atoms with Crippen molar-refractivity contribution in [3.05, 3.63) is 33.8 Å². The van der Waals surface area contributed by atoms with E-state index in [1.807, 2.05) is 6.07 Å². The van der Waals surface area contributed by atoms with E-state index in [2.05, 4.69) is 21.2 Å². The summed E-state index contributed by atoms with van der Waals surface area (Å²) in [7, 11) is 0. The summed E-state index contributed by atoms with van der Waals surface area (Å²) in [4.78, 5) is 38.1. The first-order chi connectivity index (χ1) is 12.3. The Bertz CT molecular complexity index is 772. The average Bonchev–Trinajstić information content (AvgIpc) is 3.09. The fraction of sp³-hybridized carbons (Fsp3) is 0.444. The largest absolute Gasteiger partial charge is 0.480 e. The normalized spacial score (nSPS) is 17.7. The molecular weight excluding hydrogens is 402 g/mol. The van der Waals surface area contributed by atoms with Gasteiger partial charge < -0.3 is 15.3 Å². The molecule has 1 aliphatic rings. The molecule has 0 spiro atoms. The Morgan fingerprint density at radius 2 is 2.08 bits per heavy atom. The summed E-state index contributed by atoms with van der Waals surface area (Å²) in [5.74, 6) is -2.12. The molecule has 0 aromatic heterocycles. The second kappa shape index (κ2) is 8.32. The van der Waals surface area contributed by atoms with Crippen molar-refractivity contribution >= 4 is 33.7 Å². The lowest BCUT2D eigenvalue weighted by Gasteiger charge is -2.29. The van der Waals surface area contributed by atoms with Crippen LogP contribution in [0.1, 0.15) is 42.6 Å². The Hall–Kier alpha value is -2.40. The van der Waals surface area contributed by atoms with E-state index in [1.165, 1.54) is 11.0 Å². The number of halogens is 1. The third kappa shape index (κ3) is 4.22. The molecule has 2 rings (SSSR count). The van der Waals surface area contributed by atoms with Crippen LogP contribution in [0.2, 0.25) is 0 Å². The Morgan fingerprint density at radius 3 is 2.65 bits per heavy atom. The molecule has 0 unspecified atom stereocenters. The molecule has 7 nitrogen and oxygen atoms in total. The van der Waals surface area contributed by atoms with Crippen molar-refractivity contribution < 1.29 is 19.5 Å². The number of carboxylic acids is 1. The van der Waals surface area contributed by atoms with Crippen molar-refractivity contribution in [1.29, 1.82) is 5.26 Å². The number of carbonyl (C=O) groups excluding carboxylic acids is 2. The molecule has 2 atom stereocenters. The number of amides is 2. The van der Waals surface area contributed by atoms with Crippen LogP contribution in [0.5, 0.6) is 0 Å². The monoisotopic (exact) mass is 421 g/mol. The minimum Gasteiger partial charge on any atom is -0.480 e. The van der Waals surface area contributed by atoms with Gasteiger partial charge in [0.25, 0.3) is 5.91 Å². The summed E-state index contributed by atoms with van der Waals surface area (Å²) in [5, 5.41) is 21.1. The van der Waals surface area contributed by atoms with Gasteiger partial charge in [0.15, 0.2) is 0 Å². The number of aliphatic carboxylic acids is 1. The van der Waals surface area contributed by atoms with Crippen LogP contribution in [-0.4, -0.2) is 46.4 Å². The molecule has 26 heavy (non-hydrogen) atoms. The van der Waals surface area contributed by atoms with Gasteiger partial charge in [-0.25, -0.2) is 4.79 Å². The van der Waals surface area contributed by atoms with Crippen LogP contribution in [-0.2, 0) is 9.59 Å². The fourth-order valence-electron chi connectivity index (χ4n) is 2.96. The molecule has 1 heterocycles. The van der Waals surface area contributed by atoms with Crippen molar-refractivity contribution in [3.8, 4) is 6.07 Å². The van der Waals surface area contributed by atoms with Gasteiger partial charge in [0.2, 0.25) is 5.91 Å². The van der Waals surface area contributed by atoms with E-state index in [0.29, 0.717) is 29.4 Å². The molecule has 1 aromatic carbocycles. The quantitative estimate of drug-likeness (QED) is 0.756. The number of likely N-dealkylation sites (tertiary alicyclic amines) is 1. The van der Waals surface area contributed by atoms with Crippen molar-refractivity contribution in [3.63, 3.8) is 0 Å². The maximum Gasteiger partial charge on any atom is 0.326 e. The molecule has 1 fully saturated rings. The van der Waals surface area contributed by atoms with Crippen LogP contribution in [0, 0.1) is 17.2 Å². The first kappa shape index (κ1) is 19.9. The maximum atomic E-state index is 12.8. The van der Waals surface area contributed by atoms with Crippen LogP contribution >= 0.6 is 15.9 Å². The highest BCUT2D eigenvalue weighted by atomic mass is 79.9. The van der Waals surface area contributed by atoms with Crippen LogP contribution in [0.3, 0.4) is 0 Å². The second-order valence-electron chi connectivity index (χ2n) is 6.53. The summed E-state index contributed by atoms with van der Waals surface area (Å²) in [5.41, 5.74) is 0.579. The van der Waals surface area contributed by atoms with E-state index >= 15 is 0 Å². The van der Waals surface area contributed by atoms with E-state index in [0.717, 1.165) is 0 Å².